The minimum absolute atomic E-state index is 0.0837. The van der Waals surface area contributed by atoms with Crippen LogP contribution in [-0.4, -0.2) is 32.0 Å². The fourth-order valence-electron chi connectivity index (χ4n) is 2.31. The Morgan fingerprint density at radius 2 is 1.89 bits per heavy atom. The van der Waals surface area contributed by atoms with Crippen LogP contribution in [0, 0.1) is 5.92 Å². The lowest BCUT2D eigenvalue weighted by molar-refractivity contribution is 0.0429. The summed E-state index contributed by atoms with van der Waals surface area (Å²) < 4.78 is 11.6. The Balaban J connectivity index is 1.92. The quantitative estimate of drug-likeness (QED) is 0.841. The molecule has 1 aromatic rings. The maximum Gasteiger partial charge on any atom is 0.161 e. The minimum atomic E-state index is -0.0837. The number of aliphatic hydroxyl groups excluding tert-OH is 1. The van der Waals surface area contributed by atoms with Gasteiger partial charge in [-0.05, 0) is 43.0 Å². The van der Waals surface area contributed by atoms with Crippen LogP contribution >= 0.6 is 15.9 Å². The van der Waals surface area contributed by atoms with Gasteiger partial charge < -0.3 is 19.9 Å². The highest BCUT2D eigenvalue weighted by molar-refractivity contribution is 9.10. The third kappa shape index (κ3) is 3.61. The van der Waals surface area contributed by atoms with E-state index < -0.39 is 0 Å². The molecule has 5 heteroatoms. The summed E-state index contributed by atoms with van der Waals surface area (Å²) >= 11 is 3.54. The van der Waals surface area contributed by atoms with Crippen molar-refractivity contribution in [3.05, 3.63) is 22.2 Å². The van der Waals surface area contributed by atoms with Crippen LogP contribution in [0.15, 0.2) is 16.6 Å². The Labute approximate surface area is 122 Å². The number of ether oxygens (including phenoxy) is 2. The van der Waals surface area contributed by atoms with E-state index in [1.807, 2.05) is 12.1 Å². The molecule has 1 fully saturated rings. The highest BCUT2D eigenvalue weighted by Gasteiger charge is 2.26. The first-order valence-electron chi connectivity index (χ1n) is 6.43. The molecule has 4 nitrogen and oxygen atoms in total. The Bertz CT molecular complexity index is 433. The van der Waals surface area contributed by atoms with Crippen molar-refractivity contribution in [2.24, 2.45) is 5.92 Å². The predicted octanol–water partition coefficient (Wildman–Crippen LogP) is 2.33. The van der Waals surface area contributed by atoms with Gasteiger partial charge in [0.25, 0.3) is 0 Å². The topological polar surface area (TPSA) is 50.7 Å². The third-order valence-corrected chi connectivity index (χ3v) is 4.25. The van der Waals surface area contributed by atoms with Crippen LogP contribution in [0.5, 0.6) is 11.5 Å². The van der Waals surface area contributed by atoms with E-state index in [9.17, 15) is 5.11 Å². The Morgan fingerprint density at radius 1 is 1.26 bits per heavy atom. The standard InChI is InChI=1S/C14H20BrNO3/c1-18-13-5-10(12(15)6-14(13)19-2)8-16-7-9-3-11(17)4-9/h5-6,9,11,16-17H,3-4,7-8H2,1-2H3. The van der Waals surface area contributed by atoms with Gasteiger partial charge in [-0.3, -0.25) is 0 Å². The van der Waals surface area contributed by atoms with Crippen LogP contribution in [0.3, 0.4) is 0 Å². The second-order valence-corrected chi connectivity index (χ2v) is 5.78. The molecule has 0 bridgehead atoms. The van der Waals surface area contributed by atoms with Gasteiger partial charge in [-0.15, -0.1) is 0 Å². The zero-order valence-corrected chi connectivity index (χ0v) is 12.9. The second-order valence-electron chi connectivity index (χ2n) is 4.92. The second kappa shape index (κ2) is 6.59. The summed E-state index contributed by atoms with van der Waals surface area (Å²) in [6.45, 7) is 1.71. The number of hydrogen-bond acceptors (Lipinski definition) is 4. The van der Waals surface area contributed by atoms with E-state index in [1.165, 1.54) is 0 Å². The molecule has 0 heterocycles. The summed E-state index contributed by atoms with van der Waals surface area (Å²) in [5, 5.41) is 12.7. The zero-order chi connectivity index (χ0) is 13.8. The van der Waals surface area contributed by atoms with Gasteiger partial charge in [0.2, 0.25) is 0 Å². The van der Waals surface area contributed by atoms with Crippen LogP contribution in [0.1, 0.15) is 18.4 Å². The summed E-state index contributed by atoms with van der Waals surface area (Å²) in [5.74, 6) is 2.07. The van der Waals surface area contributed by atoms with Crippen molar-refractivity contribution in [1.29, 1.82) is 0 Å². The molecule has 1 saturated carbocycles. The molecule has 2 N–H and O–H groups in total. The van der Waals surface area contributed by atoms with E-state index in [0.717, 1.165) is 47.5 Å². The van der Waals surface area contributed by atoms with Gasteiger partial charge in [0.05, 0.1) is 20.3 Å². The van der Waals surface area contributed by atoms with E-state index in [1.54, 1.807) is 14.2 Å². The molecule has 1 aliphatic rings. The maximum atomic E-state index is 9.24. The molecule has 19 heavy (non-hydrogen) atoms. The van der Waals surface area contributed by atoms with Crippen molar-refractivity contribution >= 4 is 15.9 Å². The van der Waals surface area contributed by atoms with Gasteiger partial charge in [-0.2, -0.15) is 0 Å². The molecule has 1 aromatic carbocycles. The predicted molar refractivity (Wildman–Crippen MR) is 77.7 cm³/mol. The number of nitrogens with one attached hydrogen (secondary N) is 1. The van der Waals surface area contributed by atoms with Crippen LogP contribution in [-0.2, 0) is 6.54 Å². The SMILES string of the molecule is COc1cc(Br)c(CNCC2CC(O)C2)cc1OC. The number of hydrogen-bond donors (Lipinski definition) is 2. The van der Waals surface area contributed by atoms with E-state index in [2.05, 4.69) is 21.2 Å². The molecular formula is C14H20BrNO3. The monoisotopic (exact) mass is 329 g/mol. The lowest BCUT2D eigenvalue weighted by Crippen LogP contribution is -2.35. The van der Waals surface area contributed by atoms with Gasteiger partial charge in [-0.1, -0.05) is 15.9 Å². The third-order valence-electron chi connectivity index (χ3n) is 3.51. The van der Waals surface area contributed by atoms with Gasteiger partial charge in [0, 0.05) is 11.0 Å². The molecule has 0 aliphatic heterocycles. The van der Waals surface area contributed by atoms with Gasteiger partial charge in [0.15, 0.2) is 11.5 Å². The van der Waals surface area contributed by atoms with Crippen molar-refractivity contribution in [2.45, 2.75) is 25.5 Å². The van der Waals surface area contributed by atoms with Gasteiger partial charge in [0.1, 0.15) is 0 Å². The molecule has 2 rings (SSSR count). The smallest absolute Gasteiger partial charge is 0.161 e. The van der Waals surface area contributed by atoms with E-state index in [4.69, 9.17) is 9.47 Å². The van der Waals surface area contributed by atoms with Crippen molar-refractivity contribution in [3.63, 3.8) is 0 Å². The largest absolute Gasteiger partial charge is 0.493 e. The molecule has 0 amide bonds. The summed E-state index contributed by atoms with van der Waals surface area (Å²) in [5.41, 5.74) is 1.14. The summed E-state index contributed by atoms with van der Waals surface area (Å²) in [6, 6.07) is 3.90. The number of methoxy groups -OCH3 is 2. The van der Waals surface area contributed by atoms with E-state index in [0.29, 0.717) is 5.92 Å². The molecule has 1 aliphatic carbocycles. The van der Waals surface area contributed by atoms with Crippen molar-refractivity contribution in [3.8, 4) is 11.5 Å². The molecule has 0 radical (unpaired) electrons. The zero-order valence-electron chi connectivity index (χ0n) is 11.3. The highest BCUT2D eigenvalue weighted by Crippen LogP contribution is 2.33. The van der Waals surface area contributed by atoms with Crippen LogP contribution in [0.4, 0.5) is 0 Å². The van der Waals surface area contributed by atoms with Gasteiger partial charge >= 0.3 is 0 Å². The highest BCUT2D eigenvalue weighted by atomic mass is 79.9. The lowest BCUT2D eigenvalue weighted by Gasteiger charge is -2.31. The molecule has 106 valence electrons. The van der Waals surface area contributed by atoms with Crippen LogP contribution in [0.25, 0.3) is 0 Å². The summed E-state index contributed by atoms with van der Waals surface area (Å²) in [7, 11) is 3.27. The van der Waals surface area contributed by atoms with Crippen molar-refractivity contribution in [1.82, 2.24) is 5.32 Å². The molecular weight excluding hydrogens is 310 g/mol. The lowest BCUT2D eigenvalue weighted by atomic mass is 9.82. The number of rotatable bonds is 6. The van der Waals surface area contributed by atoms with Crippen LogP contribution < -0.4 is 14.8 Å². The van der Waals surface area contributed by atoms with Gasteiger partial charge in [-0.25, -0.2) is 0 Å². The Kier molecular flexibility index (Phi) is 5.07. The molecule has 0 aromatic heterocycles. The average molecular weight is 330 g/mol. The summed E-state index contributed by atoms with van der Waals surface area (Å²) in [4.78, 5) is 0. The van der Waals surface area contributed by atoms with E-state index >= 15 is 0 Å². The normalized spacial score (nSPS) is 21.9. The molecule has 0 spiro atoms. The number of aliphatic hydroxyl groups is 1. The van der Waals surface area contributed by atoms with Crippen LogP contribution in [0.2, 0.25) is 0 Å². The number of halogens is 1. The van der Waals surface area contributed by atoms with Crippen molar-refractivity contribution in [2.75, 3.05) is 20.8 Å². The Morgan fingerprint density at radius 3 is 2.47 bits per heavy atom. The molecule has 0 saturated heterocycles. The maximum absolute atomic E-state index is 9.24. The fraction of sp³-hybridized carbons (Fsp3) is 0.571. The first-order valence-corrected chi connectivity index (χ1v) is 7.22. The van der Waals surface area contributed by atoms with E-state index in [-0.39, 0.29) is 6.10 Å². The molecule has 0 atom stereocenters. The number of benzene rings is 1. The first-order chi connectivity index (χ1) is 9.13. The average Bonchev–Trinajstić information content (AvgIpc) is 2.37. The summed E-state index contributed by atoms with van der Waals surface area (Å²) in [6.07, 6.45) is 1.75. The Hall–Kier alpha value is -0.780. The fourth-order valence-corrected chi connectivity index (χ4v) is 2.77. The minimum Gasteiger partial charge on any atom is -0.493 e. The van der Waals surface area contributed by atoms with Crippen molar-refractivity contribution < 1.29 is 14.6 Å². The first kappa shape index (κ1) is 14.6. The molecule has 0 unspecified atom stereocenters.